The lowest BCUT2D eigenvalue weighted by Crippen LogP contribution is -2.10. The minimum absolute atomic E-state index is 0.455. The number of aromatic nitrogens is 2. The Labute approximate surface area is 147 Å². The molecule has 0 N–H and O–H groups in total. The van der Waals surface area contributed by atoms with E-state index in [1.54, 1.807) is 0 Å². The Morgan fingerprint density at radius 3 is 2.41 bits per heavy atom. The van der Waals surface area contributed by atoms with Crippen LogP contribution in [-0.2, 0) is 4.57 Å². The van der Waals surface area contributed by atoms with Gasteiger partial charge < -0.3 is 4.57 Å². The second kappa shape index (κ2) is 6.48. The highest BCUT2D eigenvalue weighted by molar-refractivity contribution is 14.1. The van der Waals surface area contributed by atoms with Gasteiger partial charge in [0.05, 0.1) is 5.69 Å². The van der Waals surface area contributed by atoms with E-state index in [4.69, 9.17) is 5.10 Å². The van der Waals surface area contributed by atoms with Crippen LogP contribution in [0.4, 0.5) is 0 Å². The second-order valence-corrected chi connectivity index (χ2v) is 10.6. The summed E-state index contributed by atoms with van der Waals surface area (Å²) in [6.07, 6.45) is 0.696. The van der Waals surface area contributed by atoms with Gasteiger partial charge in [-0.1, -0.05) is 20.8 Å². The molecule has 1 unspecified atom stereocenters. The van der Waals surface area contributed by atoms with E-state index >= 15 is 0 Å². The molecule has 3 nitrogen and oxygen atoms in total. The Morgan fingerprint density at radius 1 is 1.32 bits per heavy atom. The normalized spacial score (nSPS) is 14.4. The molecule has 2 aromatic rings. The number of nitrogens with zero attached hydrogens (tertiary/aromatic N) is 2. The van der Waals surface area contributed by atoms with Crippen LogP contribution in [0.25, 0.3) is 5.69 Å². The maximum absolute atomic E-state index is 12.6. The van der Waals surface area contributed by atoms with Crippen molar-refractivity contribution in [2.45, 2.75) is 40.5 Å². The van der Waals surface area contributed by atoms with Gasteiger partial charge in [0.25, 0.3) is 0 Å². The van der Waals surface area contributed by atoms with Crippen molar-refractivity contribution < 1.29 is 4.57 Å². The van der Waals surface area contributed by atoms with Crippen LogP contribution >= 0.6 is 29.7 Å². The van der Waals surface area contributed by atoms with Crippen molar-refractivity contribution in [2.24, 2.45) is 0 Å². The number of hydrogen-bond donors (Lipinski definition) is 0. The monoisotopic (exact) mass is 430 g/mol. The molecule has 1 atom stereocenters. The fraction of sp³-hybridized carbons (Fsp3) is 0.471. The van der Waals surface area contributed by atoms with Crippen molar-refractivity contribution in [3.05, 3.63) is 38.7 Å². The molecule has 0 aliphatic carbocycles. The lowest BCUT2D eigenvalue weighted by atomic mass is 10.0. The second-order valence-electron chi connectivity index (χ2n) is 6.24. The molecule has 0 radical (unpaired) electrons. The fourth-order valence-electron chi connectivity index (χ4n) is 2.72. The molecule has 0 saturated heterocycles. The Hall–Kier alpha value is -0.610. The standard InChI is InChI=1S/C17H24IN2OP/c1-7-22(6,21)14-8-9-15(12(4)10-14)20-13(5)16(11(2)3)17(18)19-20/h8-11H,7H2,1-6H3. The molecule has 0 aliphatic heterocycles. The maximum Gasteiger partial charge on any atom is 0.127 e. The van der Waals surface area contributed by atoms with Crippen LogP contribution in [0.5, 0.6) is 0 Å². The van der Waals surface area contributed by atoms with Crippen molar-refractivity contribution >= 4 is 35.0 Å². The lowest BCUT2D eigenvalue weighted by molar-refractivity contribution is 0.585. The predicted octanol–water partition coefficient (Wildman–Crippen LogP) is 4.86. The number of rotatable bonds is 4. The quantitative estimate of drug-likeness (QED) is 0.513. The summed E-state index contributed by atoms with van der Waals surface area (Å²) in [5, 5.41) is 5.67. The topological polar surface area (TPSA) is 34.9 Å². The van der Waals surface area contributed by atoms with Gasteiger partial charge in [-0.3, -0.25) is 0 Å². The number of aryl methyl sites for hydroxylation is 1. The molecule has 0 aliphatic rings. The highest BCUT2D eigenvalue weighted by Gasteiger charge is 2.20. The molecule has 0 amide bonds. The third kappa shape index (κ3) is 3.18. The Kier molecular flexibility index (Phi) is 5.23. The minimum atomic E-state index is -2.23. The van der Waals surface area contributed by atoms with Gasteiger partial charge in [0.1, 0.15) is 10.8 Å². The zero-order chi connectivity index (χ0) is 16.7. The van der Waals surface area contributed by atoms with Gasteiger partial charge in [-0.25, -0.2) is 4.68 Å². The summed E-state index contributed by atoms with van der Waals surface area (Å²) in [6.45, 7) is 12.4. The molecule has 120 valence electrons. The molecule has 2 rings (SSSR count). The lowest BCUT2D eigenvalue weighted by Gasteiger charge is -2.15. The highest BCUT2D eigenvalue weighted by atomic mass is 127. The molecule has 1 heterocycles. The van der Waals surface area contributed by atoms with Crippen LogP contribution in [0.2, 0.25) is 0 Å². The van der Waals surface area contributed by atoms with Crippen LogP contribution in [0.15, 0.2) is 18.2 Å². The number of benzene rings is 1. The average molecular weight is 430 g/mol. The first-order valence-corrected chi connectivity index (χ1v) is 11.0. The minimum Gasteiger partial charge on any atom is -0.319 e. The van der Waals surface area contributed by atoms with Gasteiger partial charge in [0.15, 0.2) is 0 Å². The molecular weight excluding hydrogens is 406 g/mol. The molecule has 0 spiro atoms. The Morgan fingerprint density at radius 2 is 1.95 bits per heavy atom. The van der Waals surface area contributed by atoms with E-state index in [1.165, 1.54) is 11.3 Å². The van der Waals surface area contributed by atoms with Crippen molar-refractivity contribution in [3.63, 3.8) is 0 Å². The van der Waals surface area contributed by atoms with E-state index in [9.17, 15) is 4.57 Å². The highest BCUT2D eigenvalue weighted by Crippen LogP contribution is 2.39. The molecule has 0 bridgehead atoms. The number of halogens is 1. The molecule has 1 aromatic carbocycles. The van der Waals surface area contributed by atoms with E-state index in [0.717, 1.165) is 20.3 Å². The summed E-state index contributed by atoms with van der Waals surface area (Å²) >= 11 is 2.31. The fourth-order valence-corrected chi connectivity index (χ4v) is 5.18. The van der Waals surface area contributed by atoms with Crippen LogP contribution < -0.4 is 5.30 Å². The Bertz CT molecular complexity index is 749. The number of hydrogen-bond acceptors (Lipinski definition) is 2. The van der Waals surface area contributed by atoms with Gasteiger partial charge in [0, 0.05) is 22.7 Å². The SMILES string of the molecule is CCP(C)(=O)c1ccc(-n2nc(I)c(C(C)C)c2C)c(C)c1. The third-order valence-corrected chi connectivity index (χ3v) is 7.63. The first-order chi connectivity index (χ1) is 10.2. The van der Waals surface area contributed by atoms with E-state index in [0.29, 0.717) is 12.1 Å². The van der Waals surface area contributed by atoms with E-state index < -0.39 is 7.14 Å². The van der Waals surface area contributed by atoms with Crippen LogP contribution in [-0.4, -0.2) is 22.6 Å². The summed E-state index contributed by atoms with van der Waals surface area (Å²) in [6, 6.07) is 6.11. The summed E-state index contributed by atoms with van der Waals surface area (Å²) < 4.78 is 15.7. The average Bonchev–Trinajstić information content (AvgIpc) is 2.73. The van der Waals surface area contributed by atoms with Gasteiger partial charge in [-0.2, -0.15) is 5.10 Å². The van der Waals surface area contributed by atoms with Crippen LogP contribution in [0.3, 0.4) is 0 Å². The molecule has 0 saturated carbocycles. The van der Waals surface area contributed by atoms with E-state index in [2.05, 4.69) is 62.4 Å². The van der Waals surface area contributed by atoms with E-state index in [1.807, 2.05) is 24.3 Å². The van der Waals surface area contributed by atoms with Crippen LogP contribution in [0, 0.1) is 17.5 Å². The van der Waals surface area contributed by atoms with Crippen molar-refractivity contribution in [2.75, 3.05) is 12.8 Å². The van der Waals surface area contributed by atoms with Crippen molar-refractivity contribution in [1.82, 2.24) is 9.78 Å². The Balaban J connectivity index is 2.56. The summed E-state index contributed by atoms with van der Waals surface area (Å²) in [7, 11) is -2.23. The third-order valence-electron chi connectivity index (χ3n) is 4.25. The summed E-state index contributed by atoms with van der Waals surface area (Å²) in [5.41, 5.74) is 4.68. The molecular formula is C17H24IN2OP. The van der Waals surface area contributed by atoms with Crippen molar-refractivity contribution in [3.8, 4) is 5.69 Å². The largest absolute Gasteiger partial charge is 0.319 e. The summed E-state index contributed by atoms with van der Waals surface area (Å²) in [5.74, 6) is 0.455. The zero-order valence-electron chi connectivity index (χ0n) is 14.1. The molecule has 5 heteroatoms. The molecule has 1 aromatic heterocycles. The van der Waals surface area contributed by atoms with Gasteiger partial charge in [0.2, 0.25) is 0 Å². The molecule has 0 fully saturated rings. The van der Waals surface area contributed by atoms with Gasteiger partial charge in [-0.05, 0) is 72.8 Å². The summed E-state index contributed by atoms with van der Waals surface area (Å²) in [4.78, 5) is 0. The zero-order valence-corrected chi connectivity index (χ0v) is 17.2. The first kappa shape index (κ1) is 17.7. The maximum atomic E-state index is 12.6. The van der Waals surface area contributed by atoms with Gasteiger partial charge >= 0.3 is 0 Å². The smallest absolute Gasteiger partial charge is 0.127 e. The first-order valence-electron chi connectivity index (χ1n) is 7.62. The van der Waals surface area contributed by atoms with E-state index in [-0.39, 0.29) is 0 Å². The predicted molar refractivity (Wildman–Crippen MR) is 104 cm³/mol. The van der Waals surface area contributed by atoms with Crippen LogP contribution in [0.1, 0.15) is 43.5 Å². The van der Waals surface area contributed by atoms with Gasteiger partial charge in [-0.15, -0.1) is 0 Å². The van der Waals surface area contributed by atoms with Crippen molar-refractivity contribution in [1.29, 1.82) is 0 Å². The molecule has 22 heavy (non-hydrogen) atoms.